The Balaban J connectivity index is 1.60. The van der Waals surface area contributed by atoms with Crippen molar-refractivity contribution >= 4 is 45.6 Å². The average molecular weight is 365 g/mol. The first-order valence-electron chi connectivity index (χ1n) is 7.36. The highest BCUT2D eigenvalue weighted by atomic mass is 32.1. The van der Waals surface area contributed by atoms with Crippen LogP contribution in [0.1, 0.15) is 28.2 Å². The van der Waals surface area contributed by atoms with Crippen LogP contribution in [0.5, 0.6) is 0 Å². The lowest BCUT2D eigenvalue weighted by atomic mass is 10.2. The Kier molecular flexibility index (Phi) is 4.91. The van der Waals surface area contributed by atoms with Crippen LogP contribution in [-0.2, 0) is 16.0 Å². The molecular weight excluding hydrogens is 350 g/mol. The van der Waals surface area contributed by atoms with Crippen molar-refractivity contribution in [2.45, 2.75) is 25.3 Å². The lowest BCUT2D eigenvalue weighted by molar-refractivity contribution is -0.148. The molecule has 126 valence electrons. The Bertz CT molecular complexity index is 757. The third-order valence-electron chi connectivity index (χ3n) is 3.71. The second kappa shape index (κ2) is 7.10. The summed E-state index contributed by atoms with van der Waals surface area (Å²) < 4.78 is 0. The predicted octanol–water partition coefficient (Wildman–Crippen LogP) is 2.08. The molecule has 0 bridgehead atoms. The average Bonchev–Trinajstić information content (AvgIpc) is 3.28. The second-order valence-electron chi connectivity index (χ2n) is 5.34. The summed E-state index contributed by atoms with van der Waals surface area (Å²) in [6.07, 6.45) is 1.22. The topological polar surface area (TPSA) is 99.6 Å². The number of aliphatic carboxylic acids is 1. The van der Waals surface area contributed by atoms with Gasteiger partial charge in [0, 0.05) is 11.9 Å². The van der Waals surface area contributed by atoms with E-state index in [0.717, 1.165) is 0 Å². The number of carboxylic acids is 1. The van der Waals surface area contributed by atoms with Gasteiger partial charge >= 0.3 is 5.97 Å². The maximum Gasteiger partial charge on any atom is 0.326 e. The van der Waals surface area contributed by atoms with Gasteiger partial charge < -0.3 is 10.0 Å². The van der Waals surface area contributed by atoms with Gasteiger partial charge in [0.05, 0.1) is 17.0 Å². The lowest BCUT2D eigenvalue weighted by Gasteiger charge is -2.20. The SMILES string of the molecule is O=C(Nc1nc(CC(=O)N2CCC[C@H]2C(=O)O)cs1)c1cccs1. The Morgan fingerprint density at radius 2 is 2.21 bits per heavy atom. The number of thiazole rings is 1. The second-order valence-corrected chi connectivity index (χ2v) is 7.14. The van der Waals surface area contributed by atoms with Crippen LogP contribution in [0.4, 0.5) is 5.13 Å². The highest BCUT2D eigenvalue weighted by molar-refractivity contribution is 7.14. The molecule has 2 aromatic rings. The predicted molar refractivity (Wildman–Crippen MR) is 90.5 cm³/mol. The minimum Gasteiger partial charge on any atom is -0.480 e. The van der Waals surface area contributed by atoms with E-state index in [0.29, 0.717) is 35.1 Å². The molecule has 3 heterocycles. The Morgan fingerprint density at radius 3 is 2.92 bits per heavy atom. The fourth-order valence-corrected chi connectivity index (χ4v) is 3.91. The number of hydrogen-bond acceptors (Lipinski definition) is 6. The van der Waals surface area contributed by atoms with Gasteiger partial charge in [-0.2, -0.15) is 0 Å². The number of likely N-dealkylation sites (tertiary alicyclic amines) is 1. The lowest BCUT2D eigenvalue weighted by Crippen LogP contribution is -2.41. The smallest absolute Gasteiger partial charge is 0.326 e. The molecule has 0 unspecified atom stereocenters. The van der Waals surface area contributed by atoms with Crippen LogP contribution in [0.25, 0.3) is 0 Å². The van der Waals surface area contributed by atoms with E-state index in [2.05, 4.69) is 10.3 Å². The minimum absolute atomic E-state index is 0.0369. The first-order valence-corrected chi connectivity index (χ1v) is 9.12. The first kappa shape index (κ1) is 16.6. The number of amides is 2. The zero-order valence-corrected chi connectivity index (χ0v) is 14.2. The molecule has 0 spiro atoms. The number of nitrogens with zero attached hydrogens (tertiary/aromatic N) is 2. The zero-order chi connectivity index (χ0) is 17.1. The van der Waals surface area contributed by atoms with Crippen molar-refractivity contribution in [3.8, 4) is 0 Å². The molecule has 7 nitrogen and oxygen atoms in total. The highest BCUT2D eigenvalue weighted by Crippen LogP contribution is 2.21. The zero-order valence-electron chi connectivity index (χ0n) is 12.6. The van der Waals surface area contributed by atoms with E-state index in [-0.39, 0.29) is 18.2 Å². The quantitative estimate of drug-likeness (QED) is 0.845. The summed E-state index contributed by atoms with van der Waals surface area (Å²) >= 11 is 2.58. The van der Waals surface area contributed by atoms with Gasteiger partial charge in [-0.3, -0.25) is 14.9 Å². The molecule has 3 rings (SSSR count). The molecule has 24 heavy (non-hydrogen) atoms. The van der Waals surface area contributed by atoms with Crippen molar-refractivity contribution in [1.29, 1.82) is 0 Å². The monoisotopic (exact) mass is 365 g/mol. The van der Waals surface area contributed by atoms with Gasteiger partial charge in [0.1, 0.15) is 6.04 Å². The number of carbonyl (C=O) groups excluding carboxylic acids is 2. The number of aromatic nitrogens is 1. The summed E-state index contributed by atoms with van der Waals surface area (Å²) in [5.41, 5.74) is 0.530. The van der Waals surface area contributed by atoms with Crippen LogP contribution in [0.3, 0.4) is 0 Å². The molecular formula is C15H15N3O4S2. The van der Waals surface area contributed by atoms with Gasteiger partial charge in [0.15, 0.2) is 5.13 Å². The van der Waals surface area contributed by atoms with Crippen LogP contribution in [0, 0.1) is 0 Å². The van der Waals surface area contributed by atoms with Crippen molar-refractivity contribution in [3.63, 3.8) is 0 Å². The number of rotatable bonds is 5. The van der Waals surface area contributed by atoms with E-state index in [1.165, 1.54) is 27.6 Å². The van der Waals surface area contributed by atoms with Gasteiger partial charge in [0.2, 0.25) is 5.91 Å². The molecule has 1 atom stereocenters. The molecule has 2 N–H and O–H groups in total. The highest BCUT2D eigenvalue weighted by Gasteiger charge is 2.33. The third kappa shape index (κ3) is 3.62. The van der Waals surface area contributed by atoms with Gasteiger partial charge in [-0.1, -0.05) is 6.07 Å². The minimum atomic E-state index is -0.969. The Morgan fingerprint density at radius 1 is 1.38 bits per heavy atom. The molecule has 0 aliphatic carbocycles. The van der Waals surface area contributed by atoms with Crippen LogP contribution < -0.4 is 5.32 Å². The normalized spacial score (nSPS) is 17.0. The van der Waals surface area contributed by atoms with Crippen LogP contribution in [0.15, 0.2) is 22.9 Å². The standard InChI is InChI=1S/C15H15N3O4S2/c19-12(18-5-1-3-10(18)14(21)22)7-9-8-24-15(16-9)17-13(20)11-4-2-6-23-11/h2,4,6,8,10H,1,3,5,7H2,(H,21,22)(H,16,17,20)/t10-/m0/s1. The fraction of sp³-hybridized carbons (Fsp3) is 0.333. The first-order chi connectivity index (χ1) is 11.5. The maximum absolute atomic E-state index is 12.3. The van der Waals surface area contributed by atoms with Crippen LogP contribution in [0.2, 0.25) is 0 Å². The molecule has 2 aromatic heterocycles. The Labute approximate surface area is 145 Å². The van der Waals surface area contributed by atoms with Gasteiger partial charge in [-0.25, -0.2) is 9.78 Å². The number of carbonyl (C=O) groups is 3. The largest absolute Gasteiger partial charge is 0.480 e. The molecule has 0 saturated carbocycles. The Hall–Kier alpha value is -2.26. The van der Waals surface area contributed by atoms with Crippen molar-refractivity contribution < 1.29 is 19.5 Å². The van der Waals surface area contributed by atoms with E-state index in [1.807, 2.05) is 5.38 Å². The summed E-state index contributed by atoms with van der Waals surface area (Å²) in [5.74, 6) is -1.45. The maximum atomic E-state index is 12.3. The molecule has 9 heteroatoms. The van der Waals surface area contributed by atoms with Gasteiger partial charge in [-0.15, -0.1) is 22.7 Å². The molecule has 0 aromatic carbocycles. The van der Waals surface area contributed by atoms with Crippen molar-refractivity contribution in [1.82, 2.24) is 9.88 Å². The summed E-state index contributed by atoms with van der Waals surface area (Å²) in [6.45, 7) is 0.460. The summed E-state index contributed by atoms with van der Waals surface area (Å²) in [7, 11) is 0. The van der Waals surface area contributed by atoms with Crippen molar-refractivity contribution in [2.24, 2.45) is 0 Å². The molecule has 1 aliphatic rings. The van der Waals surface area contributed by atoms with Gasteiger partial charge in [-0.05, 0) is 24.3 Å². The third-order valence-corrected chi connectivity index (χ3v) is 5.38. The molecule has 1 saturated heterocycles. The van der Waals surface area contributed by atoms with E-state index >= 15 is 0 Å². The number of anilines is 1. The van der Waals surface area contributed by atoms with Crippen LogP contribution >= 0.6 is 22.7 Å². The number of thiophene rings is 1. The summed E-state index contributed by atoms with van der Waals surface area (Å²) in [6, 6.07) is 2.77. The molecule has 2 amide bonds. The van der Waals surface area contributed by atoms with E-state index in [9.17, 15) is 14.4 Å². The summed E-state index contributed by atoms with van der Waals surface area (Å²) in [5, 5.41) is 15.8. The molecule has 0 radical (unpaired) electrons. The van der Waals surface area contributed by atoms with Gasteiger partial charge in [0.25, 0.3) is 5.91 Å². The number of hydrogen-bond donors (Lipinski definition) is 2. The fourth-order valence-electron chi connectivity index (χ4n) is 2.59. The van der Waals surface area contributed by atoms with E-state index in [1.54, 1.807) is 17.5 Å². The van der Waals surface area contributed by atoms with Crippen molar-refractivity contribution in [2.75, 3.05) is 11.9 Å². The number of carboxylic acid groups (broad SMARTS) is 1. The molecule has 1 fully saturated rings. The van der Waals surface area contributed by atoms with Crippen LogP contribution in [-0.4, -0.2) is 45.4 Å². The van der Waals surface area contributed by atoms with E-state index in [4.69, 9.17) is 5.11 Å². The molecule has 1 aliphatic heterocycles. The summed E-state index contributed by atoms with van der Waals surface area (Å²) in [4.78, 5) is 41.6. The number of nitrogens with one attached hydrogen (secondary N) is 1. The van der Waals surface area contributed by atoms with E-state index < -0.39 is 12.0 Å². The van der Waals surface area contributed by atoms with Crippen molar-refractivity contribution in [3.05, 3.63) is 33.5 Å².